The summed E-state index contributed by atoms with van der Waals surface area (Å²) in [6, 6.07) is 10.3. The van der Waals surface area contributed by atoms with Gasteiger partial charge in [-0.25, -0.2) is 13.4 Å². The Labute approximate surface area is 289 Å². The smallest absolute Gasteiger partial charge is 0.246 e. The number of nitrogens with zero attached hydrogens (tertiary/aromatic N) is 4. The minimum atomic E-state index is -3.75. The molecule has 0 radical (unpaired) electrons. The molecule has 7 heterocycles. The highest BCUT2D eigenvalue weighted by atomic mass is 32.2. The van der Waals surface area contributed by atoms with Gasteiger partial charge in [-0.2, -0.15) is 4.31 Å². The number of allylic oxidation sites excluding steroid dienone is 3. The number of anilines is 1. The molecule has 3 atom stereocenters. The van der Waals surface area contributed by atoms with E-state index < -0.39 is 15.9 Å². The van der Waals surface area contributed by atoms with Gasteiger partial charge in [0.25, 0.3) is 0 Å². The van der Waals surface area contributed by atoms with Crippen molar-refractivity contribution in [3.63, 3.8) is 0 Å². The largest absolute Gasteiger partial charge is 0.496 e. The fraction of sp³-hybridized carbons (Fsp3) is 0.472. The molecule has 1 aromatic carbocycles. The van der Waals surface area contributed by atoms with Crippen molar-refractivity contribution in [1.29, 1.82) is 0 Å². The van der Waals surface area contributed by atoms with Crippen molar-refractivity contribution in [1.82, 2.24) is 24.8 Å². The number of rotatable bonds is 8. The van der Waals surface area contributed by atoms with E-state index in [2.05, 4.69) is 33.0 Å². The molecule has 0 bridgehead atoms. The second-order valence-electron chi connectivity index (χ2n) is 13.7. The van der Waals surface area contributed by atoms with E-state index in [1.54, 1.807) is 29.7 Å². The van der Waals surface area contributed by atoms with Crippen LogP contribution in [0.2, 0.25) is 0 Å². The van der Waals surface area contributed by atoms with E-state index in [1.807, 2.05) is 24.4 Å². The Morgan fingerprint density at radius 1 is 1.14 bits per heavy atom. The monoisotopic (exact) mass is 700 g/mol. The maximum absolute atomic E-state index is 14.5. The van der Waals surface area contributed by atoms with Crippen LogP contribution in [0.15, 0.2) is 57.2 Å². The maximum Gasteiger partial charge on any atom is 0.246 e. The average molecular weight is 701 g/mol. The number of aromatic nitrogens is 3. The zero-order valence-electron chi connectivity index (χ0n) is 27.7. The topological polar surface area (TPSA) is 132 Å². The Morgan fingerprint density at radius 3 is 2.84 bits per heavy atom. The van der Waals surface area contributed by atoms with Gasteiger partial charge in [0.15, 0.2) is 0 Å². The molecule has 1 unspecified atom stereocenters. The molecule has 2 N–H and O–H groups in total. The van der Waals surface area contributed by atoms with E-state index in [9.17, 15) is 8.42 Å². The van der Waals surface area contributed by atoms with Gasteiger partial charge in [0, 0.05) is 49.0 Å². The summed E-state index contributed by atoms with van der Waals surface area (Å²) in [7, 11) is -2.03. The number of pyridine rings is 1. The van der Waals surface area contributed by atoms with Crippen LogP contribution in [0.4, 0.5) is 5.82 Å². The number of ether oxygens (including phenoxy) is 2. The molecule has 0 saturated carbocycles. The summed E-state index contributed by atoms with van der Waals surface area (Å²) >= 11 is 1.60. The molecule has 13 heteroatoms. The van der Waals surface area contributed by atoms with Crippen molar-refractivity contribution in [2.75, 3.05) is 32.2 Å². The fourth-order valence-electron chi connectivity index (χ4n) is 8.60. The lowest BCUT2D eigenvalue weighted by Crippen LogP contribution is -2.32. The van der Waals surface area contributed by atoms with Crippen LogP contribution in [0.1, 0.15) is 84.7 Å². The highest BCUT2D eigenvalue weighted by Crippen LogP contribution is 2.55. The number of nitrogens with one attached hydrogen (secondary N) is 2. The van der Waals surface area contributed by atoms with Gasteiger partial charge in [0.05, 0.1) is 40.4 Å². The molecule has 3 aromatic heterocycles. The van der Waals surface area contributed by atoms with Crippen molar-refractivity contribution >= 4 is 42.8 Å². The molecule has 0 amide bonds. The molecule has 2 fully saturated rings. The summed E-state index contributed by atoms with van der Waals surface area (Å²) in [5.41, 5.74) is 5.03. The summed E-state index contributed by atoms with van der Waals surface area (Å²) < 4.78 is 49.1. The van der Waals surface area contributed by atoms with Crippen LogP contribution in [0, 0.1) is 12.8 Å². The number of aryl methyl sites for hydroxylation is 1. The van der Waals surface area contributed by atoms with E-state index in [-0.39, 0.29) is 12.1 Å². The summed E-state index contributed by atoms with van der Waals surface area (Å²) in [6.07, 6.45) is 9.13. The van der Waals surface area contributed by atoms with Crippen molar-refractivity contribution in [3.05, 3.63) is 80.6 Å². The number of dihydropyridines is 1. The maximum atomic E-state index is 14.5. The van der Waals surface area contributed by atoms with Gasteiger partial charge >= 0.3 is 0 Å². The van der Waals surface area contributed by atoms with Crippen LogP contribution < -0.4 is 15.4 Å². The van der Waals surface area contributed by atoms with Gasteiger partial charge in [0.1, 0.15) is 11.6 Å². The highest BCUT2D eigenvalue weighted by Gasteiger charge is 2.54. The summed E-state index contributed by atoms with van der Waals surface area (Å²) in [5, 5.41) is 17.2. The Hall–Kier alpha value is -3.78. The first-order chi connectivity index (χ1) is 23.9. The first-order valence-electron chi connectivity index (χ1n) is 17.4. The van der Waals surface area contributed by atoms with Crippen molar-refractivity contribution in [2.24, 2.45) is 5.92 Å². The van der Waals surface area contributed by atoms with E-state index >= 15 is 0 Å². The predicted octanol–water partition coefficient (Wildman–Crippen LogP) is 6.42. The molecule has 49 heavy (non-hydrogen) atoms. The van der Waals surface area contributed by atoms with Gasteiger partial charge in [-0.1, -0.05) is 12.1 Å². The fourth-order valence-corrected chi connectivity index (χ4v) is 12.1. The van der Waals surface area contributed by atoms with Crippen LogP contribution in [0.5, 0.6) is 5.75 Å². The van der Waals surface area contributed by atoms with E-state index in [1.165, 1.54) is 11.1 Å². The van der Waals surface area contributed by atoms with Gasteiger partial charge in [-0.3, -0.25) is 0 Å². The normalized spacial score (nSPS) is 25.1. The first-order valence-corrected chi connectivity index (χ1v) is 19.6. The average Bonchev–Trinajstić information content (AvgIpc) is 3.95. The number of sulfonamides is 1. The third kappa shape index (κ3) is 5.19. The standard InChI is InChI=1S/C36H40N6O5S2/c1-20-40-41-36(47-20)30-26(10-8-21-13-17-46-18-14-21)38-32-27-6-4-16-42(27)49(43,44)34(32)31(30)29-19-22-12-15-37-35(33(22)48-29)39-25-11-9-24-23(25)5-3-7-28(24)45-2/h3,5,7,12,15,19,21,25,27,31,38H,4,6,8-11,13-14,16-18H2,1-2H3,(H,37,39)/t25-,27+,31?/m1/s1. The Balaban J connectivity index is 1.16. The van der Waals surface area contributed by atoms with Crippen molar-refractivity contribution < 1.29 is 22.3 Å². The zero-order chi connectivity index (χ0) is 33.3. The molecule has 9 rings (SSSR count). The molecule has 256 valence electrons. The zero-order valence-corrected chi connectivity index (χ0v) is 29.3. The summed E-state index contributed by atoms with van der Waals surface area (Å²) in [4.78, 5) is 6.16. The van der Waals surface area contributed by atoms with Gasteiger partial charge in [-0.15, -0.1) is 21.5 Å². The third-order valence-corrected chi connectivity index (χ3v) is 14.2. The first kappa shape index (κ1) is 31.2. The third-order valence-electron chi connectivity index (χ3n) is 10.9. The minimum absolute atomic E-state index is 0.0953. The van der Waals surface area contributed by atoms with Crippen LogP contribution in [0.3, 0.4) is 0 Å². The molecule has 4 aromatic rings. The number of hydrogen-bond donors (Lipinski definition) is 2. The van der Waals surface area contributed by atoms with E-state index in [0.29, 0.717) is 29.1 Å². The second-order valence-corrected chi connectivity index (χ2v) is 16.7. The number of thiophene rings is 1. The lowest BCUT2D eigenvalue weighted by atomic mass is 9.86. The number of fused-ring (bicyclic) bond motifs is 4. The van der Waals surface area contributed by atoms with Crippen LogP contribution in [0.25, 0.3) is 15.7 Å². The van der Waals surface area contributed by atoms with E-state index in [0.717, 1.165) is 108 Å². The lowest BCUT2D eigenvalue weighted by Gasteiger charge is -2.30. The number of methoxy groups -OCH3 is 1. The van der Waals surface area contributed by atoms with Crippen LogP contribution >= 0.6 is 11.3 Å². The molecule has 4 aliphatic heterocycles. The quantitative estimate of drug-likeness (QED) is 0.212. The molecule has 1 aliphatic carbocycles. The molecule has 5 aliphatic rings. The van der Waals surface area contributed by atoms with Crippen LogP contribution in [-0.4, -0.2) is 60.8 Å². The number of hydrogen-bond acceptors (Lipinski definition) is 11. The van der Waals surface area contributed by atoms with Gasteiger partial charge in [0.2, 0.25) is 21.8 Å². The SMILES string of the molecule is COc1cccc2c1CC[C@H]2Nc1nccc2cc(C3C(c4nnc(C)o4)=C(CCC4CCOCC4)NC4=C3S(=O)(=O)N3CCC[C@@H]43)sc12. The highest BCUT2D eigenvalue weighted by molar-refractivity contribution is 7.93. The van der Waals surface area contributed by atoms with Crippen LogP contribution in [-0.2, 0) is 21.2 Å². The molecular formula is C36H40N6O5S2. The lowest BCUT2D eigenvalue weighted by molar-refractivity contribution is 0.0639. The molecule has 11 nitrogen and oxygen atoms in total. The predicted molar refractivity (Wildman–Crippen MR) is 188 cm³/mol. The number of benzene rings is 1. The minimum Gasteiger partial charge on any atom is -0.496 e. The Bertz CT molecular complexity index is 2110. The van der Waals surface area contributed by atoms with E-state index in [4.69, 9.17) is 18.9 Å². The summed E-state index contributed by atoms with van der Waals surface area (Å²) in [5.74, 6) is 2.49. The second kappa shape index (κ2) is 12.2. The Morgan fingerprint density at radius 2 is 2.02 bits per heavy atom. The van der Waals surface area contributed by atoms with Crippen molar-refractivity contribution in [2.45, 2.75) is 76.3 Å². The summed E-state index contributed by atoms with van der Waals surface area (Å²) in [6.45, 7) is 3.87. The van der Waals surface area contributed by atoms with Crippen molar-refractivity contribution in [3.8, 4) is 5.75 Å². The molecule has 2 saturated heterocycles. The van der Waals surface area contributed by atoms with Gasteiger partial charge < -0.3 is 24.5 Å². The Kier molecular flexibility index (Phi) is 7.78. The van der Waals surface area contributed by atoms with Gasteiger partial charge in [-0.05, 0) is 92.0 Å². The molecular weight excluding hydrogens is 661 g/mol. The molecule has 0 spiro atoms.